The summed E-state index contributed by atoms with van der Waals surface area (Å²) in [5, 5.41) is 3.02. The zero-order chi connectivity index (χ0) is 20.4. The SMILES string of the molecule is CN(C)C(=O)N1C[C@]2(CO[C@@H](C(=O)NCCN3CCOCC3)C2)c2ccccc21. The second-order valence-corrected chi connectivity index (χ2v) is 8.31. The third-order valence-electron chi connectivity index (χ3n) is 6.10. The third-order valence-corrected chi connectivity index (χ3v) is 6.10. The molecule has 1 N–H and O–H groups in total. The predicted octanol–water partition coefficient (Wildman–Crippen LogP) is 0.663. The summed E-state index contributed by atoms with van der Waals surface area (Å²) in [5.41, 5.74) is 1.69. The summed E-state index contributed by atoms with van der Waals surface area (Å²) in [6, 6.07) is 7.91. The lowest BCUT2D eigenvalue weighted by Gasteiger charge is -2.26. The first kappa shape index (κ1) is 20.1. The van der Waals surface area contributed by atoms with Crippen LogP contribution in [0.15, 0.2) is 24.3 Å². The van der Waals surface area contributed by atoms with E-state index in [9.17, 15) is 9.59 Å². The molecule has 29 heavy (non-hydrogen) atoms. The van der Waals surface area contributed by atoms with Crippen LogP contribution in [0.2, 0.25) is 0 Å². The van der Waals surface area contributed by atoms with Gasteiger partial charge in [-0.25, -0.2) is 4.79 Å². The number of morpholine rings is 1. The van der Waals surface area contributed by atoms with E-state index in [-0.39, 0.29) is 17.4 Å². The number of benzene rings is 1. The lowest BCUT2D eigenvalue weighted by molar-refractivity contribution is -0.130. The summed E-state index contributed by atoms with van der Waals surface area (Å²) in [4.78, 5) is 31.0. The zero-order valence-corrected chi connectivity index (χ0v) is 17.2. The van der Waals surface area contributed by atoms with Crippen LogP contribution in [0.25, 0.3) is 0 Å². The fraction of sp³-hybridized carbons (Fsp3) is 0.619. The van der Waals surface area contributed by atoms with Crippen LogP contribution >= 0.6 is 0 Å². The van der Waals surface area contributed by atoms with Gasteiger partial charge in [0.1, 0.15) is 6.10 Å². The number of hydrogen-bond acceptors (Lipinski definition) is 5. The van der Waals surface area contributed by atoms with Crippen LogP contribution in [0.1, 0.15) is 12.0 Å². The molecular weight excluding hydrogens is 372 g/mol. The quantitative estimate of drug-likeness (QED) is 0.801. The number of fused-ring (bicyclic) bond motifs is 2. The van der Waals surface area contributed by atoms with Gasteiger partial charge in [-0.3, -0.25) is 14.6 Å². The smallest absolute Gasteiger partial charge is 0.323 e. The molecule has 0 radical (unpaired) electrons. The fourth-order valence-electron chi connectivity index (χ4n) is 4.52. The largest absolute Gasteiger partial charge is 0.379 e. The normalized spacial score (nSPS) is 26.6. The molecule has 0 aromatic heterocycles. The Kier molecular flexibility index (Phi) is 5.76. The molecule has 3 heterocycles. The molecule has 3 aliphatic rings. The number of para-hydroxylation sites is 1. The number of anilines is 1. The molecule has 3 amide bonds. The molecule has 2 saturated heterocycles. The van der Waals surface area contributed by atoms with Crippen LogP contribution in [-0.2, 0) is 19.7 Å². The molecule has 0 saturated carbocycles. The van der Waals surface area contributed by atoms with Gasteiger partial charge in [0.2, 0.25) is 5.91 Å². The first-order chi connectivity index (χ1) is 14.0. The molecule has 2 atom stereocenters. The summed E-state index contributed by atoms with van der Waals surface area (Å²) in [5.74, 6) is -0.0648. The van der Waals surface area contributed by atoms with E-state index in [1.165, 1.54) is 0 Å². The van der Waals surface area contributed by atoms with Gasteiger partial charge in [0.15, 0.2) is 0 Å². The molecule has 0 aliphatic carbocycles. The maximum atomic E-state index is 12.7. The number of carbonyl (C=O) groups excluding carboxylic acids is 2. The molecule has 8 heteroatoms. The van der Waals surface area contributed by atoms with Crippen LogP contribution in [0.5, 0.6) is 0 Å². The summed E-state index contributed by atoms with van der Waals surface area (Å²) in [6.45, 7) is 5.74. The number of urea groups is 1. The average molecular weight is 402 g/mol. The maximum absolute atomic E-state index is 12.7. The van der Waals surface area contributed by atoms with Crippen LogP contribution in [-0.4, -0.2) is 94.5 Å². The molecule has 0 bridgehead atoms. The van der Waals surface area contributed by atoms with E-state index in [1.54, 1.807) is 23.9 Å². The first-order valence-corrected chi connectivity index (χ1v) is 10.3. The number of nitrogens with zero attached hydrogens (tertiary/aromatic N) is 3. The van der Waals surface area contributed by atoms with Crippen LogP contribution in [0.4, 0.5) is 10.5 Å². The Morgan fingerprint density at radius 2 is 2.00 bits per heavy atom. The molecule has 3 aliphatic heterocycles. The van der Waals surface area contributed by atoms with Gasteiger partial charge in [-0.2, -0.15) is 0 Å². The predicted molar refractivity (Wildman–Crippen MR) is 109 cm³/mol. The lowest BCUT2D eigenvalue weighted by Crippen LogP contribution is -2.44. The molecule has 2 fully saturated rings. The second-order valence-electron chi connectivity index (χ2n) is 8.31. The van der Waals surface area contributed by atoms with Crippen molar-refractivity contribution in [2.45, 2.75) is 17.9 Å². The lowest BCUT2D eigenvalue weighted by atomic mass is 9.80. The minimum atomic E-state index is -0.484. The van der Waals surface area contributed by atoms with Crippen molar-refractivity contribution < 1.29 is 19.1 Å². The monoisotopic (exact) mass is 402 g/mol. The highest BCUT2D eigenvalue weighted by Crippen LogP contribution is 2.47. The van der Waals surface area contributed by atoms with Gasteiger partial charge in [0.25, 0.3) is 0 Å². The van der Waals surface area contributed by atoms with Gasteiger partial charge < -0.3 is 19.7 Å². The number of rotatable bonds is 4. The molecule has 0 unspecified atom stereocenters. The van der Waals surface area contributed by atoms with Crippen molar-refractivity contribution in [3.05, 3.63) is 29.8 Å². The molecule has 1 spiro atoms. The van der Waals surface area contributed by atoms with E-state index in [2.05, 4.69) is 16.3 Å². The van der Waals surface area contributed by atoms with Crippen molar-refractivity contribution >= 4 is 17.6 Å². The summed E-state index contributed by atoms with van der Waals surface area (Å²) in [7, 11) is 3.51. The highest BCUT2D eigenvalue weighted by atomic mass is 16.5. The Balaban J connectivity index is 1.39. The van der Waals surface area contributed by atoms with Crippen molar-refractivity contribution in [3.8, 4) is 0 Å². The summed E-state index contributed by atoms with van der Waals surface area (Å²) >= 11 is 0. The number of hydrogen-bond donors (Lipinski definition) is 1. The van der Waals surface area contributed by atoms with Gasteiger partial charge in [0, 0.05) is 57.9 Å². The number of carbonyl (C=O) groups is 2. The minimum Gasteiger partial charge on any atom is -0.379 e. The van der Waals surface area contributed by atoms with E-state index in [0.717, 1.165) is 44.1 Å². The standard InChI is InChI=1S/C21H30N4O4/c1-23(2)20(27)25-14-21(16-5-3-4-6-17(16)25)13-18(29-15-21)19(26)22-7-8-24-9-11-28-12-10-24/h3-6,18H,7-15H2,1-2H3,(H,22,26)/t18-,21-/m1/s1. The second kappa shape index (κ2) is 8.30. The maximum Gasteiger partial charge on any atom is 0.323 e. The molecule has 4 rings (SSSR count). The van der Waals surface area contributed by atoms with Gasteiger partial charge in [-0.05, 0) is 18.1 Å². The van der Waals surface area contributed by atoms with E-state index in [1.807, 2.05) is 18.2 Å². The average Bonchev–Trinajstić information content (AvgIpc) is 3.31. The van der Waals surface area contributed by atoms with Gasteiger partial charge in [0.05, 0.1) is 19.8 Å². The fourth-order valence-corrected chi connectivity index (χ4v) is 4.52. The number of nitrogens with one attached hydrogen (secondary N) is 1. The molecule has 8 nitrogen and oxygen atoms in total. The Hall–Kier alpha value is -2.16. The van der Waals surface area contributed by atoms with E-state index >= 15 is 0 Å². The molecular formula is C21H30N4O4. The Labute approximate surface area is 171 Å². The zero-order valence-electron chi connectivity index (χ0n) is 17.2. The van der Waals surface area contributed by atoms with Crippen molar-refractivity contribution in [1.82, 2.24) is 15.1 Å². The molecule has 158 valence electrons. The highest BCUT2D eigenvalue weighted by molar-refractivity contribution is 5.95. The van der Waals surface area contributed by atoms with Crippen molar-refractivity contribution in [2.75, 3.05) is 71.5 Å². The minimum absolute atomic E-state index is 0.0484. The van der Waals surface area contributed by atoms with E-state index < -0.39 is 6.10 Å². The number of ether oxygens (including phenoxy) is 2. The van der Waals surface area contributed by atoms with Crippen LogP contribution < -0.4 is 10.2 Å². The van der Waals surface area contributed by atoms with Gasteiger partial charge in [-0.1, -0.05) is 18.2 Å². The Bertz CT molecular complexity index is 765. The number of amides is 3. The summed E-state index contributed by atoms with van der Waals surface area (Å²) < 4.78 is 11.3. The first-order valence-electron chi connectivity index (χ1n) is 10.3. The summed E-state index contributed by atoms with van der Waals surface area (Å²) in [6.07, 6.45) is 0.104. The molecule has 1 aromatic carbocycles. The Morgan fingerprint density at radius 1 is 1.24 bits per heavy atom. The van der Waals surface area contributed by atoms with Crippen molar-refractivity contribution in [1.29, 1.82) is 0 Å². The van der Waals surface area contributed by atoms with Gasteiger partial charge >= 0.3 is 6.03 Å². The van der Waals surface area contributed by atoms with E-state index in [0.29, 0.717) is 26.1 Å². The third kappa shape index (κ3) is 3.97. The van der Waals surface area contributed by atoms with Crippen LogP contribution in [0, 0.1) is 0 Å². The molecule has 1 aromatic rings. The van der Waals surface area contributed by atoms with E-state index in [4.69, 9.17) is 9.47 Å². The highest BCUT2D eigenvalue weighted by Gasteiger charge is 2.51. The van der Waals surface area contributed by atoms with Crippen molar-refractivity contribution in [3.63, 3.8) is 0 Å². The topological polar surface area (TPSA) is 74.4 Å². The van der Waals surface area contributed by atoms with Crippen molar-refractivity contribution in [2.24, 2.45) is 0 Å². The Morgan fingerprint density at radius 3 is 2.76 bits per heavy atom. The van der Waals surface area contributed by atoms with Gasteiger partial charge in [-0.15, -0.1) is 0 Å². The van der Waals surface area contributed by atoms with Crippen LogP contribution in [0.3, 0.4) is 0 Å².